The zero-order valence-corrected chi connectivity index (χ0v) is 11.2. The second-order valence-electron chi connectivity index (χ2n) is 5.21. The maximum atomic E-state index is 9.18. The molecule has 2 rings (SSSR count). The second kappa shape index (κ2) is 5.88. The van der Waals surface area contributed by atoms with Crippen LogP contribution in [0.4, 0.5) is 5.69 Å². The SMILES string of the molecule is Cc1ccc(C#N)c(N(C)CC2CCNCC2)c1. The Morgan fingerprint density at radius 3 is 2.78 bits per heavy atom. The van der Waals surface area contributed by atoms with Crippen molar-refractivity contribution in [3.63, 3.8) is 0 Å². The summed E-state index contributed by atoms with van der Waals surface area (Å²) in [4.78, 5) is 2.24. The molecule has 0 saturated carbocycles. The molecule has 0 aromatic heterocycles. The van der Waals surface area contributed by atoms with Crippen molar-refractivity contribution in [2.75, 3.05) is 31.6 Å². The predicted octanol–water partition coefficient (Wildman–Crippen LogP) is 2.30. The van der Waals surface area contributed by atoms with Crippen molar-refractivity contribution in [2.24, 2.45) is 5.92 Å². The highest BCUT2D eigenvalue weighted by atomic mass is 15.1. The monoisotopic (exact) mass is 243 g/mol. The maximum absolute atomic E-state index is 9.18. The lowest BCUT2D eigenvalue weighted by molar-refractivity contribution is 0.378. The fourth-order valence-corrected chi connectivity index (χ4v) is 2.60. The Bertz CT molecular complexity index is 442. The summed E-state index contributed by atoms with van der Waals surface area (Å²) in [6, 6.07) is 8.32. The molecule has 0 bridgehead atoms. The summed E-state index contributed by atoms with van der Waals surface area (Å²) >= 11 is 0. The zero-order chi connectivity index (χ0) is 13.0. The summed E-state index contributed by atoms with van der Waals surface area (Å²) in [6.07, 6.45) is 2.47. The highest BCUT2D eigenvalue weighted by Crippen LogP contribution is 2.23. The third kappa shape index (κ3) is 3.02. The number of nitrogens with one attached hydrogen (secondary N) is 1. The van der Waals surface area contributed by atoms with E-state index in [1.807, 2.05) is 12.1 Å². The van der Waals surface area contributed by atoms with Crippen LogP contribution in [-0.4, -0.2) is 26.7 Å². The molecule has 0 unspecified atom stereocenters. The molecule has 18 heavy (non-hydrogen) atoms. The molecule has 96 valence electrons. The molecule has 0 atom stereocenters. The van der Waals surface area contributed by atoms with Gasteiger partial charge in [-0.05, 0) is 56.5 Å². The predicted molar refractivity (Wildman–Crippen MR) is 74.8 cm³/mol. The van der Waals surface area contributed by atoms with Gasteiger partial charge in [0.25, 0.3) is 0 Å². The minimum Gasteiger partial charge on any atom is -0.373 e. The van der Waals surface area contributed by atoms with E-state index in [0.717, 1.165) is 36.8 Å². The first-order chi connectivity index (χ1) is 8.70. The van der Waals surface area contributed by atoms with Crippen LogP contribution in [0.5, 0.6) is 0 Å². The molecule has 1 aromatic rings. The Balaban J connectivity index is 2.10. The van der Waals surface area contributed by atoms with Crippen molar-refractivity contribution in [3.05, 3.63) is 29.3 Å². The van der Waals surface area contributed by atoms with Gasteiger partial charge >= 0.3 is 0 Å². The van der Waals surface area contributed by atoms with Gasteiger partial charge in [0.15, 0.2) is 0 Å². The summed E-state index contributed by atoms with van der Waals surface area (Å²) < 4.78 is 0. The van der Waals surface area contributed by atoms with Crippen LogP contribution in [0.1, 0.15) is 24.0 Å². The molecule has 1 N–H and O–H groups in total. The van der Waals surface area contributed by atoms with Crippen LogP contribution in [0, 0.1) is 24.2 Å². The lowest BCUT2D eigenvalue weighted by Crippen LogP contribution is -2.34. The van der Waals surface area contributed by atoms with Crippen LogP contribution in [0.3, 0.4) is 0 Å². The van der Waals surface area contributed by atoms with E-state index in [1.54, 1.807) is 0 Å². The molecule has 1 aromatic carbocycles. The van der Waals surface area contributed by atoms with Gasteiger partial charge in [0.2, 0.25) is 0 Å². The number of anilines is 1. The molecule has 0 aliphatic carbocycles. The van der Waals surface area contributed by atoms with E-state index in [4.69, 9.17) is 0 Å². The van der Waals surface area contributed by atoms with Gasteiger partial charge in [0.05, 0.1) is 11.3 Å². The van der Waals surface area contributed by atoms with Crippen molar-refractivity contribution in [2.45, 2.75) is 19.8 Å². The first-order valence-corrected chi connectivity index (χ1v) is 6.63. The van der Waals surface area contributed by atoms with E-state index in [1.165, 1.54) is 18.4 Å². The largest absolute Gasteiger partial charge is 0.373 e. The minimum atomic E-state index is 0.739. The number of hydrogen-bond acceptors (Lipinski definition) is 3. The zero-order valence-electron chi connectivity index (χ0n) is 11.2. The van der Waals surface area contributed by atoms with Crippen molar-refractivity contribution in [3.8, 4) is 6.07 Å². The van der Waals surface area contributed by atoms with Crippen LogP contribution in [-0.2, 0) is 0 Å². The summed E-state index contributed by atoms with van der Waals surface area (Å²) in [5, 5.41) is 12.6. The molecular formula is C15H21N3. The van der Waals surface area contributed by atoms with Gasteiger partial charge in [0.1, 0.15) is 6.07 Å². The summed E-state index contributed by atoms with van der Waals surface area (Å²) in [5.74, 6) is 0.739. The Hall–Kier alpha value is -1.53. The number of hydrogen-bond donors (Lipinski definition) is 1. The number of aryl methyl sites for hydroxylation is 1. The van der Waals surface area contributed by atoms with Gasteiger partial charge in [-0.2, -0.15) is 5.26 Å². The highest BCUT2D eigenvalue weighted by molar-refractivity contribution is 5.60. The summed E-state index contributed by atoms with van der Waals surface area (Å²) in [5.41, 5.74) is 3.05. The van der Waals surface area contributed by atoms with Crippen LogP contribution < -0.4 is 10.2 Å². The Morgan fingerprint density at radius 2 is 2.11 bits per heavy atom. The van der Waals surface area contributed by atoms with Crippen LogP contribution in [0.2, 0.25) is 0 Å². The van der Waals surface area contributed by atoms with E-state index in [9.17, 15) is 5.26 Å². The first-order valence-electron chi connectivity index (χ1n) is 6.63. The molecule has 1 heterocycles. The standard InChI is InChI=1S/C15H21N3/c1-12-3-4-14(10-16)15(9-12)18(2)11-13-5-7-17-8-6-13/h3-4,9,13,17H,5-8,11H2,1-2H3. The van der Waals surface area contributed by atoms with E-state index >= 15 is 0 Å². The Morgan fingerprint density at radius 1 is 1.39 bits per heavy atom. The van der Waals surface area contributed by atoms with Crippen LogP contribution in [0.15, 0.2) is 18.2 Å². The number of piperidine rings is 1. The second-order valence-corrected chi connectivity index (χ2v) is 5.21. The molecule has 0 radical (unpaired) electrons. The first kappa shape index (κ1) is 12.9. The maximum Gasteiger partial charge on any atom is 0.101 e. The third-order valence-electron chi connectivity index (χ3n) is 3.68. The molecule has 3 heteroatoms. The van der Waals surface area contributed by atoms with Gasteiger partial charge in [-0.25, -0.2) is 0 Å². The molecular weight excluding hydrogens is 222 g/mol. The van der Waals surface area contributed by atoms with Crippen molar-refractivity contribution < 1.29 is 0 Å². The molecule has 0 spiro atoms. The van der Waals surface area contributed by atoms with Gasteiger partial charge < -0.3 is 10.2 Å². The van der Waals surface area contributed by atoms with Crippen LogP contribution in [0.25, 0.3) is 0 Å². The summed E-state index contributed by atoms with van der Waals surface area (Å²) in [7, 11) is 2.09. The van der Waals surface area contributed by atoms with E-state index in [0.29, 0.717) is 0 Å². The average Bonchev–Trinajstić information content (AvgIpc) is 2.40. The van der Waals surface area contributed by atoms with E-state index in [-0.39, 0.29) is 0 Å². The van der Waals surface area contributed by atoms with Gasteiger partial charge in [0, 0.05) is 13.6 Å². The smallest absolute Gasteiger partial charge is 0.101 e. The van der Waals surface area contributed by atoms with Crippen molar-refractivity contribution in [1.82, 2.24) is 5.32 Å². The number of rotatable bonds is 3. The molecule has 1 aliphatic rings. The van der Waals surface area contributed by atoms with Gasteiger partial charge in [-0.3, -0.25) is 0 Å². The lowest BCUT2D eigenvalue weighted by Gasteiger charge is -2.29. The Labute approximate surface area is 109 Å². The normalized spacial score (nSPS) is 16.3. The van der Waals surface area contributed by atoms with Crippen molar-refractivity contribution >= 4 is 5.69 Å². The molecule has 1 saturated heterocycles. The van der Waals surface area contributed by atoms with E-state index < -0.39 is 0 Å². The quantitative estimate of drug-likeness (QED) is 0.885. The number of nitriles is 1. The minimum absolute atomic E-state index is 0.739. The fourth-order valence-electron chi connectivity index (χ4n) is 2.60. The summed E-state index contributed by atoms with van der Waals surface area (Å²) in [6.45, 7) is 5.36. The van der Waals surface area contributed by atoms with Crippen LogP contribution >= 0.6 is 0 Å². The lowest BCUT2D eigenvalue weighted by atomic mass is 9.97. The average molecular weight is 243 g/mol. The van der Waals surface area contributed by atoms with Crippen molar-refractivity contribution in [1.29, 1.82) is 5.26 Å². The Kier molecular flexibility index (Phi) is 4.22. The number of benzene rings is 1. The molecule has 1 fully saturated rings. The van der Waals surface area contributed by atoms with Gasteiger partial charge in [-0.1, -0.05) is 6.07 Å². The number of nitrogens with zero attached hydrogens (tertiary/aromatic N) is 2. The molecule has 0 amide bonds. The third-order valence-corrected chi connectivity index (χ3v) is 3.68. The fraction of sp³-hybridized carbons (Fsp3) is 0.533. The topological polar surface area (TPSA) is 39.1 Å². The molecule has 3 nitrogen and oxygen atoms in total. The van der Waals surface area contributed by atoms with Gasteiger partial charge in [-0.15, -0.1) is 0 Å². The molecule has 1 aliphatic heterocycles. The van der Waals surface area contributed by atoms with E-state index in [2.05, 4.69) is 36.3 Å². The highest BCUT2D eigenvalue weighted by Gasteiger charge is 2.16.